The predicted molar refractivity (Wildman–Crippen MR) is 325 cm³/mol. The topological polar surface area (TPSA) is 83.8 Å². The van der Waals surface area contributed by atoms with Gasteiger partial charge in [0.1, 0.15) is 0 Å². The zero-order valence-electron chi connectivity index (χ0n) is 44.8. The largest absolute Gasteiger partial charge is 0.310 e. The van der Waals surface area contributed by atoms with Crippen LogP contribution in [0.5, 0.6) is 0 Å². The Labute approximate surface area is 466 Å². The molecule has 12 aromatic rings. The normalized spacial score (nSPS) is 13.7. The molecule has 4 heterocycles. The molecule has 14 rings (SSSR count). The number of benzene rings is 10. The van der Waals surface area contributed by atoms with Crippen LogP contribution in [0.3, 0.4) is 0 Å². The lowest BCUT2D eigenvalue weighted by Gasteiger charge is -2.44. The number of anilines is 6. The molecule has 0 fully saturated rings. The second kappa shape index (κ2) is 19.4. The van der Waals surface area contributed by atoms with Crippen molar-refractivity contribution in [2.24, 2.45) is 0 Å². The molecule has 0 spiro atoms. The summed E-state index contributed by atoms with van der Waals surface area (Å²) in [7, 11) is 0. The van der Waals surface area contributed by atoms with E-state index in [1.165, 1.54) is 33.4 Å². The van der Waals surface area contributed by atoms with E-state index in [9.17, 15) is 0 Å². The van der Waals surface area contributed by atoms with Gasteiger partial charge >= 0.3 is 0 Å². The number of hydrogen-bond acceptors (Lipinski definition) is 8. The van der Waals surface area contributed by atoms with Gasteiger partial charge in [-0.15, -0.1) is 0 Å². The summed E-state index contributed by atoms with van der Waals surface area (Å²) in [6, 6.07) is 89.4. The maximum Gasteiger partial charge on any atom is 0.164 e. The Morgan fingerprint density at radius 3 is 0.975 bits per heavy atom. The van der Waals surface area contributed by atoms with Gasteiger partial charge in [0, 0.05) is 55.6 Å². The molecule has 8 heteroatoms. The maximum atomic E-state index is 5.05. The van der Waals surface area contributed by atoms with Gasteiger partial charge in [-0.05, 0) is 112 Å². The molecule has 0 N–H and O–H groups in total. The second-order valence-corrected chi connectivity index (χ2v) is 21.6. The molecule has 2 aliphatic rings. The molecule has 2 aliphatic heterocycles. The van der Waals surface area contributed by atoms with Crippen molar-refractivity contribution in [3.63, 3.8) is 0 Å². The minimum atomic E-state index is -0.348. The molecular weight excluding hydrogens is 977 g/mol. The van der Waals surface area contributed by atoms with E-state index in [0.29, 0.717) is 34.9 Å². The van der Waals surface area contributed by atoms with Crippen molar-refractivity contribution in [2.75, 3.05) is 9.80 Å². The van der Waals surface area contributed by atoms with Crippen LogP contribution in [0.25, 0.3) is 79.5 Å². The van der Waals surface area contributed by atoms with Crippen molar-refractivity contribution < 1.29 is 0 Å². The molecule has 2 aromatic heterocycles. The van der Waals surface area contributed by atoms with Crippen LogP contribution in [-0.2, 0) is 10.8 Å². The van der Waals surface area contributed by atoms with Crippen LogP contribution in [0.15, 0.2) is 255 Å². The van der Waals surface area contributed by atoms with E-state index >= 15 is 0 Å². The van der Waals surface area contributed by atoms with Gasteiger partial charge in [-0.25, -0.2) is 29.9 Å². The number of fused-ring (bicyclic) bond motifs is 4. The van der Waals surface area contributed by atoms with Crippen molar-refractivity contribution in [2.45, 2.75) is 38.5 Å². The highest BCUT2D eigenvalue weighted by Gasteiger charge is 2.41. The first kappa shape index (κ1) is 48.2. The molecular formula is C72H54N8. The number of aromatic nitrogens is 6. The Morgan fingerprint density at radius 2 is 0.562 bits per heavy atom. The fourth-order valence-electron chi connectivity index (χ4n) is 11.9. The van der Waals surface area contributed by atoms with Crippen LogP contribution < -0.4 is 9.80 Å². The molecule has 0 radical (unpaired) electrons. The van der Waals surface area contributed by atoms with Crippen molar-refractivity contribution in [3.8, 4) is 79.5 Å². The lowest BCUT2D eigenvalue weighted by atomic mass is 9.69. The summed E-state index contributed by atoms with van der Waals surface area (Å²) in [4.78, 5) is 34.9. The minimum absolute atomic E-state index is 0.322. The standard InChI is InChI=1S/C72H54N8/c1-71(2)57-31-17-19-33-60(57)79(54-41-36-51(37-42-54)69-75-65(47-22-9-5-10-23-47)73-66(76-69)48-24-11-6-12-25-48)62-45-40-53(46-59(62)71)56-30-21-35-63-64(56)72(3,4)58-32-18-20-34-61(58)80(63)55-43-38-52(39-44-55)70-77-67(49-26-13-7-14-27-49)74-68(78-70)50-28-15-8-16-29-50/h5-46H,1-4H3. The monoisotopic (exact) mass is 1030 g/mol. The highest BCUT2D eigenvalue weighted by Crippen LogP contribution is 2.57. The van der Waals surface area contributed by atoms with Crippen LogP contribution in [-0.4, -0.2) is 29.9 Å². The summed E-state index contributed by atoms with van der Waals surface area (Å²) in [6.07, 6.45) is 0. The molecule has 0 saturated carbocycles. The Balaban J connectivity index is 0.850. The molecule has 0 bridgehead atoms. The fourth-order valence-corrected chi connectivity index (χ4v) is 11.9. The van der Waals surface area contributed by atoms with E-state index < -0.39 is 0 Å². The van der Waals surface area contributed by atoms with Crippen LogP contribution in [0.2, 0.25) is 0 Å². The van der Waals surface area contributed by atoms with E-state index in [-0.39, 0.29) is 10.8 Å². The molecule has 10 aromatic carbocycles. The van der Waals surface area contributed by atoms with Crippen molar-refractivity contribution >= 4 is 34.1 Å². The Kier molecular flexibility index (Phi) is 11.7. The summed E-state index contributed by atoms with van der Waals surface area (Å²) >= 11 is 0. The van der Waals surface area contributed by atoms with Gasteiger partial charge in [0.2, 0.25) is 0 Å². The lowest BCUT2D eigenvalue weighted by molar-refractivity contribution is 0.630. The molecule has 8 nitrogen and oxygen atoms in total. The van der Waals surface area contributed by atoms with Crippen LogP contribution in [0.4, 0.5) is 34.1 Å². The predicted octanol–water partition coefficient (Wildman–Crippen LogP) is 17.9. The summed E-state index contributed by atoms with van der Waals surface area (Å²) in [5.41, 5.74) is 19.0. The molecule has 0 saturated heterocycles. The number of hydrogen-bond donors (Lipinski definition) is 0. The van der Waals surface area contributed by atoms with Gasteiger partial charge in [0.05, 0.1) is 22.7 Å². The third-order valence-corrected chi connectivity index (χ3v) is 15.9. The summed E-state index contributed by atoms with van der Waals surface area (Å²) < 4.78 is 0. The highest BCUT2D eigenvalue weighted by molar-refractivity contribution is 5.93. The molecule has 0 unspecified atom stereocenters. The first-order valence-electron chi connectivity index (χ1n) is 27.2. The Morgan fingerprint density at radius 1 is 0.250 bits per heavy atom. The van der Waals surface area contributed by atoms with E-state index in [4.69, 9.17) is 29.9 Å². The van der Waals surface area contributed by atoms with Crippen LogP contribution >= 0.6 is 0 Å². The van der Waals surface area contributed by atoms with Crippen molar-refractivity contribution in [3.05, 3.63) is 277 Å². The maximum absolute atomic E-state index is 5.05. The first-order valence-corrected chi connectivity index (χ1v) is 27.2. The zero-order valence-corrected chi connectivity index (χ0v) is 44.8. The summed E-state index contributed by atoms with van der Waals surface area (Å²) in [6.45, 7) is 9.46. The van der Waals surface area contributed by atoms with Gasteiger partial charge < -0.3 is 9.80 Å². The second-order valence-electron chi connectivity index (χ2n) is 21.6. The van der Waals surface area contributed by atoms with Gasteiger partial charge in [-0.3, -0.25) is 0 Å². The third kappa shape index (κ3) is 8.32. The van der Waals surface area contributed by atoms with Crippen LogP contribution in [0, 0.1) is 0 Å². The fraction of sp³-hybridized carbons (Fsp3) is 0.0833. The van der Waals surface area contributed by atoms with E-state index in [1.54, 1.807) is 0 Å². The van der Waals surface area contributed by atoms with Crippen LogP contribution in [0.1, 0.15) is 49.9 Å². The molecule has 0 atom stereocenters. The third-order valence-electron chi connectivity index (χ3n) is 15.9. The molecule has 382 valence electrons. The SMILES string of the molecule is CC1(C)c2ccccc2N(c2ccc(-c3nc(-c4ccccc4)nc(-c4ccccc4)n3)cc2)c2ccc(-c3cccc4c3C(C)(C)c3ccccc3N4c3ccc(-c4nc(-c5ccccc5)nc(-c5ccccc5)n4)cc3)cc21. The summed E-state index contributed by atoms with van der Waals surface area (Å²) in [5, 5.41) is 0. The average Bonchev–Trinajstić information content (AvgIpc) is 3.68. The zero-order chi connectivity index (χ0) is 54.0. The average molecular weight is 1030 g/mol. The van der Waals surface area contributed by atoms with E-state index in [0.717, 1.165) is 67.5 Å². The quantitative estimate of drug-likeness (QED) is 0.141. The number of para-hydroxylation sites is 2. The molecule has 80 heavy (non-hydrogen) atoms. The molecule has 0 aliphatic carbocycles. The minimum Gasteiger partial charge on any atom is -0.310 e. The van der Waals surface area contributed by atoms with Gasteiger partial charge in [0.15, 0.2) is 34.9 Å². The van der Waals surface area contributed by atoms with E-state index in [2.05, 4.69) is 171 Å². The lowest BCUT2D eigenvalue weighted by Crippen LogP contribution is -2.32. The van der Waals surface area contributed by atoms with E-state index in [1.807, 2.05) is 121 Å². The Bertz CT molecular complexity index is 4160. The van der Waals surface area contributed by atoms with Gasteiger partial charge in [-0.1, -0.05) is 204 Å². The Hall–Kier alpha value is -10.2. The number of rotatable bonds is 9. The van der Waals surface area contributed by atoms with Crippen molar-refractivity contribution in [1.29, 1.82) is 0 Å². The molecule has 0 amide bonds. The smallest absolute Gasteiger partial charge is 0.164 e. The number of nitrogens with zero attached hydrogens (tertiary/aromatic N) is 8. The first-order chi connectivity index (χ1) is 39.2. The highest BCUT2D eigenvalue weighted by atomic mass is 15.2. The van der Waals surface area contributed by atoms with Crippen molar-refractivity contribution in [1.82, 2.24) is 29.9 Å². The summed E-state index contributed by atoms with van der Waals surface area (Å²) in [5.74, 6) is 3.79. The van der Waals surface area contributed by atoms with Gasteiger partial charge in [0.25, 0.3) is 0 Å². The van der Waals surface area contributed by atoms with Gasteiger partial charge in [-0.2, -0.15) is 0 Å².